The zero-order chi connectivity index (χ0) is 23.7. The summed E-state index contributed by atoms with van der Waals surface area (Å²) in [5.41, 5.74) is 0.922. The van der Waals surface area contributed by atoms with E-state index in [0.717, 1.165) is 38.3 Å². The fraction of sp³-hybridized carbons (Fsp3) is 0.739. The van der Waals surface area contributed by atoms with Crippen molar-refractivity contribution in [1.29, 1.82) is 0 Å². The van der Waals surface area contributed by atoms with E-state index in [1.807, 2.05) is 18.0 Å². The maximum atomic E-state index is 12.8. The van der Waals surface area contributed by atoms with Crippen LogP contribution in [0.4, 0.5) is 18.9 Å². The van der Waals surface area contributed by atoms with Crippen LogP contribution >= 0.6 is 0 Å². The molecule has 0 N–H and O–H groups in total. The molecule has 5 nitrogen and oxygen atoms in total. The Balaban J connectivity index is 1.63. The smallest absolute Gasteiger partial charge is 0.369 e. The molecule has 0 bridgehead atoms. The number of alkyl halides is 3. The van der Waals surface area contributed by atoms with Gasteiger partial charge in [0, 0.05) is 56.8 Å². The molecule has 0 aliphatic carbocycles. The average Bonchev–Trinajstić information content (AvgIpc) is 2.69. The topological polar surface area (TPSA) is 43.9 Å². The van der Waals surface area contributed by atoms with Crippen molar-refractivity contribution in [2.24, 2.45) is 11.8 Å². The van der Waals surface area contributed by atoms with Crippen LogP contribution in [0.3, 0.4) is 0 Å². The Bertz CT molecular complexity index is 875. The van der Waals surface area contributed by atoms with Crippen LogP contribution in [0.1, 0.15) is 33.1 Å². The van der Waals surface area contributed by atoms with E-state index in [9.17, 15) is 21.6 Å². The van der Waals surface area contributed by atoms with Crippen LogP contribution in [-0.2, 0) is 9.84 Å². The van der Waals surface area contributed by atoms with Crippen molar-refractivity contribution in [3.8, 4) is 0 Å². The number of hydrogen-bond acceptors (Lipinski definition) is 5. The molecule has 0 aromatic heterocycles. The maximum Gasteiger partial charge on any atom is 0.390 e. The molecule has 182 valence electrons. The molecule has 1 aromatic rings. The summed E-state index contributed by atoms with van der Waals surface area (Å²) in [6, 6.07) is 7.02. The molecule has 2 aliphatic rings. The highest BCUT2D eigenvalue weighted by Crippen LogP contribution is 2.32. The summed E-state index contributed by atoms with van der Waals surface area (Å²) in [5, 5.41) is 0. The van der Waals surface area contributed by atoms with Gasteiger partial charge in [-0.25, -0.2) is 8.42 Å². The number of piperidine rings is 1. The summed E-state index contributed by atoms with van der Waals surface area (Å²) >= 11 is 0. The molecule has 0 spiro atoms. The van der Waals surface area contributed by atoms with Crippen molar-refractivity contribution in [2.45, 2.75) is 56.3 Å². The number of hydrogen-bond donors (Lipinski definition) is 0. The molecule has 0 saturated carbocycles. The molecule has 0 amide bonds. The van der Waals surface area contributed by atoms with Gasteiger partial charge in [0.15, 0.2) is 9.84 Å². The Kier molecular flexibility index (Phi) is 7.82. The summed E-state index contributed by atoms with van der Waals surface area (Å²) in [6.07, 6.45) is -2.20. The molecule has 2 saturated heterocycles. The second-order valence-corrected chi connectivity index (χ2v) is 11.9. The predicted molar refractivity (Wildman–Crippen MR) is 122 cm³/mol. The quantitative estimate of drug-likeness (QED) is 0.625. The first-order chi connectivity index (χ1) is 14.8. The monoisotopic (exact) mass is 475 g/mol. The van der Waals surface area contributed by atoms with Crippen molar-refractivity contribution in [3.05, 3.63) is 24.3 Å². The van der Waals surface area contributed by atoms with Crippen LogP contribution in [0, 0.1) is 11.8 Å². The second-order valence-electron chi connectivity index (χ2n) is 9.88. The molecular formula is C23H36F3N3O2S. The van der Waals surface area contributed by atoms with Gasteiger partial charge < -0.3 is 9.80 Å². The molecular weight excluding hydrogens is 439 g/mol. The molecule has 2 aliphatic heterocycles. The minimum Gasteiger partial charge on any atom is -0.369 e. The number of sulfone groups is 1. The van der Waals surface area contributed by atoms with E-state index >= 15 is 0 Å². The second kappa shape index (κ2) is 9.89. The Morgan fingerprint density at radius 2 is 1.84 bits per heavy atom. The van der Waals surface area contributed by atoms with E-state index < -0.39 is 28.5 Å². The summed E-state index contributed by atoms with van der Waals surface area (Å²) in [7, 11) is -1.44. The van der Waals surface area contributed by atoms with Crippen molar-refractivity contribution in [3.63, 3.8) is 0 Å². The Morgan fingerprint density at radius 1 is 1.12 bits per heavy atom. The summed E-state index contributed by atoms with van der Waals surface area (Å²) < 4.78 is 62.3. The zero-order valence-electron chi connectivity index (χ0n) is 19.5. The lowest BCUT2D eigenvalue weighted by molar-refractivity contribution is -0.150. The van der Waals surface area contributed by atoms with Crippen LogP contribution in [0.2, 0.25) is 0 Å². The summed E-state index contributed by atoms with van der Waals surface area (Å²) in [6.45, 7) is 8.45. The fourth-order valence-corrected chi connectivity index (χ4v) is 5.81. The average molecular weight is 476 g/mol. The van der Waals surface area contributed by atoms with Crippen LogP contribution in [0.5, 0.6) is 0 Å². The highest BCUT2D eigenvalue weighted by Gasteiger charge is 2.38. The molecule has 2 unspecified atom stereocenters. The first kappa shape index (κ1) is 25.3. The van der Waals surface area contributed by atoms with Gasteiger partial charge in [-0.2, -0.15) is 13.2 Å². The van der Waals surface area contributed by atoms with Gasteiger partial charge in [0.05, 0.1) is 11.3 Å². The lowest BCUT2D eigenvalue weighted by Crippen LogP contribution is -2.57. The Morgan fingerprint density at radius 3 is 2.44 bits per heavy atom. The molecule has 1 aromatic carbocycles. The third kappa shape index (κ3) is 6.60. The summed E-state index contributed by atoms with van der Waals surface area (Å²) in [5.74, 6) is 0.779. The van der Waals surface area contributed by atoms with Gasteiger partial charge in [-0.15, -0.1) is 0 Å². The molecule has 2 heterocycles. The highest BCUT2D eigenvalue weighted by molar-refractivity contribution is 7.90. The van der Waals surface area contributed by atoms with Crippen molar-refractivity contribution in [2.75, 3.05) is 50.9 Å². The van der Waals surface area contributed by atoms with Gasteiger partial charge in [0.2, 0.25) is 0 Å². The number of benzene rings is 1. The van der Waals surface area contributed by atoms with Crippen molar-refractivity contribution < 1.29 is 21.6 Å². The molecule has 0 radical (unpaired) electrons. The number of anilines is 1. The Hall–Kier alpha value is -1.32. The van der Waals surface area contributed by atoms with Crippen LogP contribution < -0.4 is 4.90 Å². The number of piperazine rings is 1. The Labute approximate surface area is 190 Å². The van der Waals surface area contributed by atoms with E-state index in [0.29, 0.717) is 35.7 Å². The van der Waals surface area contributed by atoms with E-state index in [4.69, 9.17) is 0 Å². The number of rotatable bonds is 6. The number of nitrogens with zero attached hydrogens (tertiary/aromatic N) is 3. The van der Waals surface area contributed by atoms with Gasteiger partial charge in [-0.1, -0.05) is 19.9 Å². The third-order valence-electron chi connectivity index (χ3n) is 6.95. The molecule has 9 heteroatoms. The van der Waals surface area contributed by atoms with Gasteiger partial charge in [0.1, 0.15) is 0 Å². The molecule has 2 fully saturated rings. The van der Waals surface area contributed by atoms with E-state index in [1.165, 1.54) is 6.26 Å². The van der Waals surface area contributed by atoms with Gasteiger partial charge in [-0.3, -0.25) is 4.90 Å². The minimum atomic E-state index is -4.11. The third-order valence-corrected chi connectivity index (χ3v) is 8.06. The van der Waals surface area contributed by atoms with Gasteiger partial charge in [-0.05, 0) is 49.9 Å². The standard InChI is InChI=1S/C23H36F3N3O2S/c1-17(2)22-16-28(19-6-5-7-21(12-19)32(4,30)31)10-11-29(22)15-18-8-9-20(27(3)14-18)13-23(24,25)26/h5-7,12,17-18,20,22H,8-11,13-16H2,1-4H3/t18?,20?,22-/m1/s1. The fourth-order valence-electron chi connectivity index (χ4n) is 5.15. The van der Waals surface area contributed by atoms with Crippen LogP contribution in [-0.4, -0.2) is 82.5 Å². The largest absolute Gasteiger partial charge is 0.390 e. The SMILES string of the molecule is CC(C)[C@H]1CN(c2cccc(S(C)(=O)=O)c2)CCN1CC1CCC(CC(F)(F)F)N(C)C1. The zero-order valence-corrected chi connectivity index (χ0v) is 20.3. The first-order valence-electron chi connectivity index (χ1n) is 11.4. The molecule has 3 atom stereocenters. The van der Waals surface area contributed by atoms with Crippen LogP contribution in [0.25, 0.3) is 0 Å². The lowest BCUT2D eigenvalue weighted by Gasteiger charge is -2.47. The normalized spacial score (nSPS) is 26.6. The number of likely N-dealkylation sites (tertiary alicyclic amines) is 1. The van der Waals surface area contributed by atoms with Crippen LogP contribution in [0.15, 0.2) is 29.2 Å². The summed E-state index contributed by atoms with van der Waals surface area (Å²) in [4.78, 5) is 6.96. The minimum absolute atomic E-state index is 0.309. The van der Waals surface area contributed by atoms with Gasteiger partial charge in [0.25, 0.3) is 0 Å². The first-order valence-corrected chi connectivity index (χ1v) is 13.3. The van der Waals surface area contributed by atoms with E-state index in [-0.39, 0.29) is 0 Å². The van der Waals surface area contributed by atoms with E-state index in [2.05, 4.69) is 23.6 Å². The molecule has 32 heavy (non-hydrogen) atoms. The van der Waals surface area contributed by atoms with E-state index in [1.54, 1.807) is 18.2 Å². The van der Waals surface area contributed by atoms with Crippen molar-refractivity contribution in [1.82, 2.24) is 9.80 Å². The van der Waals surface area contributed by atoms with Gasteiger partial charge >= 0.3 is 6.18 Å². The molecule has 3 rings (SSSR count). The number of halogens is 3. The highest BCUT2D eigenvalue weighted by atomic mass is 32.2. The lowest BCUT2D eigenvalue weighted by atomic mass is 9.89. The predicted octanol–water partition coefficient (Wildman–Crippen LogP) is 3.90. The van der Waals surface area contributed by atoms with Crippen molar-refractivity contribution >= 4 is 15.5 Å². The maximum absolute atomic E-state index is 12.8.